The molecule has 8 heteroatoms. The van der Waals surface area contributed by atoms with Crippen LogP contribution in [-0.2, 0) is 16.0 Å². The molecule has 32 heavy (non-hydrogen) atoms. The maximum Gasteiger partial charge on any atom is 0.313 e. The van der Waals surface area contributed by atoms with Crippen molar-refractivity contribution >= 4 is 68.3 Å². The molecule has 2 N–H and O–H groups in total. The topological polar surface area (TPSA) is 74.6 Å². The number of allylic oxidation sites excluding steroid dienone is 1. The fourth-order valence-electron chi connectivity index (χ4n) is 3.97. The van der Waals surface area contributed by atoms with E-state index in [4.69, 9.17) is 16.7 Å². The van der Waals surface area contributed by atoms with Gasteiger partial charge in [-0.25, -0.2) is 0 Å². The van der Waals surface area contributed by atoms with Gasteiger partial charge in [-0.15, -0.1) is 23.1 Å². The summed E-state index contributed by atoms with van der Waals surface area (Å²) in [6, 6.07) is 8.07. The quantitative estimate of drug-likeness (QED) is 0.271. The summed E-state index contributed by atoms with van der Waals surface area (Å²) in [5.74, 6) is 1.63. The molecule has 1 heterocycles. The van der Waals surface area contributed by atoms with Crippen molar-refractivity contribution in [2.75, 3.05) is 17.3 Å². The van der Waals surface area contributed by atoms with Crippen molar-refractivity contribution in [3.63, 3.8) is 0 Å². The Kier molecular flexibility index (Phi) is 9.98. The van der Waals surface area contributed by atoms with Crippen LogP contribution in [0.4, 0.5) is 0 Å². The van der Waals surface area contributed by atoms with Crippen LogP contribution < -0.4 is 0 Å². The van der Waals surface area contributed by atoms with Gasteiger partial charge in [0.05, 0.1) is 22.1 Å². The van der Waals surface area contributed by atoms with Gasteiger partial charge >= 0.3 is 5.97 Å². The van der Waals surface area contributed by atoms with Crippen molar-refractivity contribution in [1.29, 1.82) is 0 Å². The molecular formula is C24H29ClO4S3. The molecule has 0 saturated heterocycles. The number of carboxylic acids is 1. The molecular weight excluding hydrogens is 484 g/mol. The zero-order valence-electron chi connectivity index (χ0n) is 18.0. The molecule has 174 valence electrons. The van der Waals surface area contributed by atoms with Crippen LogP contribution in [0.3, 0.4) is 0 Å². The predicted octanol–water partition coefficient (Wildman–Crippen LogP) is 5.94. The maximum atomic E-state index is 12.5. The molecule has 0 spiro atoms. The van der Waals surface area contributed by atoms with E-state index >= 15 is 0 Å². The van der Waals surface area contributed by atoms with Gasteiger partial charge in [-0.05, 0) is 48.7 Å². The molecule has 2 aromatic rings. The number of benzene rings is 1. The summed E-state index contributed by atoms with van der Waals surface area (Å²) in [5, 5.41) is 21.0. The second-order valence-electron chi connectivity index (χ2n) is 8.14. The van der Waals surface area contributed by atoms with Gasteiger partial charge in [0.25, 0.3) is 0 Å². The molecule has 1 fully saturated rings. The maximum absolute atomic E-state index is 12.5. The molecule has 1 aliphatic carbocycles. The zero-order valence-corrected chi connectivity index (χ0v) is 21.2. The minimum Gasteiger partial charge on any atom is -0.481 e. The highest BCUT2D eigenvalue weighted by Gasteiger charge is 2.38. The summed E-state index contributed by atoms with van der Waals surface area (Å²) in [7, 11) is 0. The van der Waals surface area contributed by atoms with Crippen LogP contribution in [-0.4, -0.2) is 50.6 Å². The van der Waals surface area contributed by atoms with E-state index in [1.165, 1.54) is 11.8 Å². The van der Waals surface area contributed by atoms with Crippen LogP contribution in [0.2, 0.25) is 5.02 Å². The highest BCUT2D eigenvalue weighted by Crippen LogP contribution is 2.39. The average Bonchev–Trinajstić information content (AvgIpc) is 3.22. The molecule has 1 aliphatic rings. The molecule has 3 rings (SSSR count). The Balaban J connectivity index is 1.49. The van der Waals surface area contributed by atoms with Crippen LogP contribution >= 0.6 is 46.5 Å². The van der Waals surface area contributed by atoms with Crippen molar-refractivity contribution in [2.24, 2.45) is 11.8 Å². The molecule has 1 aromatic heterocycles. The van der Waals surface area contributed by atoms with Crippen LogP contribution in [0.15, 0.2) is 36.4 Å². The Labute approximate surface area is 206 Å². The normalized spacial score (nSPS) is 22.2. The van der Waals surface area contributed by atoms with Gasteiger partial charge in [0.1, 0.15) is 5.78 Å². The zero-order chi connectivity index (χ0) is 23.1. The van der Waals surface area contributed by atoms with Crippen molar-refractivity contribution in [3.05, 3.63) is 46.3 Å². The third kappa shape index (κ3) is 7.00. The lowest BCUT2D eigenvalue weighted by molar-refractivity contribution is -0.133. The number of carboxylic acid groups (broad SMARTS) is 1. The second kappa shape index (κ2) is 12.5. The van der Waals surface area contributed by atoms with Crippen molar-refractivity contribution in [3.8, 4) is 0 Å². The fourth-order valence-corrected chi connectivity index (χ4v) is 7.79. The lowest BCUT2D eigenvalue weighted by Gasteiger charge is -2.18. The number of rotatable bonds is 12. The number of fused-ring (bicyclic) bond motifs is 1. The van der Waals surface area contributed by atoms with Crippen molar-refractivity contribution in [1.82, 2.24) is 0 Å². The highest BCUT2D eigenvalue weighted by atomic mass is 35.5. The average molecular weight is 513 g/mol. The van der Waals surface area contributed by atoms with Crippen LogP contribution in [0.5, 0.6) is 0 Å². The van der Waals surface area contributed by atoms with E-state index in [1.807, 2.05) is 30.4 Å². The molecule has 1 aromatic carbocycles. The number of thioether (sulfide) groups is 2. The van der Waals surface area contributed by atoms with E-state index < -0.39 is 12.1 Å². The SMILES string of the molecule is C[C@@H]1CC(=O)[C@H](SCCCSCC(=O)O)C1C=CC(O)CCc1sc2ccccc2c1Cl. The molecule has 0 radical (unpaired) electrons. The van der Waals surface area contributed by atoms with Gasteiger partial charge in [0, 0.05) is 21.4 Å². The molecule has 0 amide bonds. The number of carbonyl (C=O) groups excluding carboxylic acids is 1. The summed E-state index contributed by atoms with van der Waals surface area (Å²) < 4.78 is 1.16. The van der Waals surface area contributed by atoms with Gasteiger partial charge in [-0.2, -0.15) is 11.8 Å². The third-order valence-corrected chi connectivity index (χ3v) is 9.89. The second-order valence-corrected chi connectivity index (χ2v) is 12.0. The van der Waals surface area contributed by atoms with E-state index in [2.05, 4.69) is 13.0 Å². The number of Topliss-reactive ketones (excluding diaryl/α,β-unsaturated/α-hetero) is 1. The summed E-state index contributed by atoms with van der Waals surface area (Å²) in [6.07, 6.45) is 6.08. The fraction of sp³-hybridized carbons (Fsp3) is 0.500. The molecule has 4 atom stereocenters. The monoisotopic (exact) mass is 512 g/mol. The Morgan fingerprint density at radius 2 is 2.12 bits per heavy atom. The lowest BCUT2D eigenvalue weighted by Crippen LogP contribution is -2.19. The van der Waals surface area contributed by atoms with Crippen molar-refractivity contribution < 1.29 is 19.8 Å². The smallest absolute Gasteiger partial charge is 0.313 e. The molecule has 2 unspecified atom stereocenters. The first-order valence-corrected chi connectivity index (χ1v) is 14.2. The van der Waals surface area contributed by atoms with E-state index in [-0.39, 0.29) is 28.6 Å². The standard InChI is InChI=1S/C24H29ClO4S3/c1-15-13-19(27)24(31-12-4-11-30-14-22(28)29)17(15)9-7-16(26)8-10-21-23(25)18-5-2-3-6-20(18)32-21/h2-3,5-7,9,15-17,24,26H,4,8,10-14H2,1H3,(H,28,29)/t15-,16?,17?,24-/m1/s1. The van der Waals surface area contributed by atoms with E-state index in [9.17, 15) is 14.7 Å². The molecule has 0 aliphatic heterocycles. The number of aryl methyl sites for hydroxylation is 1. The predicted molar refractivity (Wildman–Crippen MR) is 138 cm³/mol. The number of aliphatic hydroxyl groups is 1. The van der Waals surface area contributed by atoms with Gasteiger partial charge in [-0.3, -0.25) is 9.59 Å². The van der Waals surface area contributed by atoms with Crippen LogP contribution in [0, 0.1) is 11.8 Å². The Bertz CT molecular complexity index is 958. The largest absolute Gasteiger partial charge is 0.481 e. The lowest BCUT2D eigenvalue weighted by atomic mass is 9.96. The van der Waals surface area contributed by atoms with Crippen LogP contribution in [0.1, 0.15) is 31.1 Å². The summed E-state index contributed by atoms with van der Waals surface area (Å²) >= 11 is 11.3. The van der Waals surface area contributed by atoms with E-state index in [1.54, 1.807) is 23.1 Å². The first kappa shape index (κ1) is 25.6. The number of halogens is 1. The van der Waals surface area contributed by atoms with Gasteiger partial charge in [0.2, 0.25) is 0 Å². The highest BCUT2D eigenvalue weighted by molar-refractivity contribution is 8.01. The first-order valence-electron chi connectivity index (χ1n) is 10.8. The van der Waals surface area contributed by atoms with E-state index in [0.29, 0.717) is 12.8 Å². The van der Waals surface area contributed by atoms with Gasteiger partial charge in [-0.1, -0.05) is 48.9 Å². The Morgan fingerprint density at radius 1 is 1.34 bits per heavy atom. The minimum absolute atomic E-state index is 0.0741. The number of ketones is 1. The number of carbonyl (C=O) groups is 2. The van der Waals surface area contributed by atoms with E-state index in [0.717, 1.165) is 44.3 Å². The van der Waals surface area contributed by atoms with Crippen molar-refractivity contribution in [2.45, 2.75) is 44.0 Å². The number of thiophene rings is 1. The number of aliphatic hydroxyl groups excluding tert-OH is 1. The minimum atomic E-state index is -0.791. The number of hydrogen-bond acceptors (Lipinski definition) is 6. The Morgan fingerprint density at radius 3 is 2.88 bits per heavy atom. The molecule has 0 bridgehead atoms. The molecule has 4 nitrogen and oxygen atoms in total. The Hall–Kier alpha value is -0.990. The van der Waals surface area contributed by atoms with Gasteiger partial charge < -0.3 is 10.2 Å². The first-order chi connectivity index (χ1) is 15.4. The summed E-state index contributed by atoms with van der Waals surface area (Å²) in [6.45, 7) is 2.10. The third-order valence-electron chi connectivity index (χ3n) is 5.63. The molecule has 1 saturated carbocycles. The number of hydrogen-bond donors (Lipinski definition) is 2. The summed E-state index contributed by atoms with van der Waals surface area (Å²) in [5.41, 5.74) is 0. The van der Waals surface area contributed by atoms with Crippen LogP contribution in [0.25, 0.3) is 10.1 Å². The van der Waals surface area contributed by atoms with Gasteiger partial charge in [0.15, 0.2) is 0 Å². The summed E-state index contributed by atoms with van der Waals surface area (Å²) in [4.78, 5) is 24.1. The number of aliphatic carboxylic acids is 1.